The van der Waals surface area contributed by atoms with Gasteiger partial charge in [-0.25, -0.2) is 4.98 Å². The molecule has 5 heteroatoms. The Kier molecular flexibility index (Phi) is 4.36. The smallest absolute Gasteiger partial charge is 0.249 e. The predicted octanol–water partition coefficient (Wildman–Crippen LogP) is 1.33. The summed E-state index contributed by atoms with van der Waals surface area (Å²) in [4.78, 5) is 15.9. The van der Waals surface area contributed by atoms with E-state index in [1.54, 1.807) is 6.20 Å². The molecule has 100 valence electrons. The van der Waals surface area contributed by atoms with E-state index in [1.165, 1.54) is 0 Å². The number of nitrogens with zero attached hydrogens (tertiary/aromatic N) is 2. The quantitative estimate of drug-likeness (QED) is 0.859. The first-order valence-corrected chi connectivity index (χ1v) is 6.55. The van der Waals surface area contributed by atoms with Crippen LogP contribution in [0.4, 0.5) is 0 Å². The van der Waals surface area contributed by atoms with Gasteiger partial charge in [0.05, 0.1) is 18.6 Å². The molecule has 0 radical (unpaired) electrons. The topological polar surface area (TPSA) is 56.2 Å². The minimum Gasteiger partial charge on any atom is -0.368 e. The van der Waals surface area contributed by atoms with Gasteiger partial charge >= 0.3 is 0 Å². The van der Waals surface area contributed by atoms with E-state index in [2.05, 4.69) is 28.7 Å². The van der Waals surface area contributed by atoms with E-state index < -0.39 is 0 Å². The minimum atomic E-state index is -0.258. The predicted molar refractivity (Wildman–Crippen MR) is 67.9 cm³/mol. The third-order valence-electron chi connectivity index (χ3n) is 3.03. The van der Waals surface area contributed by atoms with E-state index in [4.69, 9.17) is 4.74 Å². The van der Waals surface area contributed by atoms with Crippen LogP contribution in [0.3, 0.4) is 0 Å². The van der Waals surface area contributed by atoms with Crippen LogP contribution in [0, 0.1) is 5.92 Å². The van der Waals surface area contributed by atoms with Crippen LogP contribution in [0.25, 0.3) is 0 Å². The van der Waals surface area contributed by atoms with E-state index in [1.807, 2.05) is 6.33 Å². The molecule has 0 bridgehead atoms. The SMILES string of the molecule is CC(C)Cn1cncc1CNC(=O)[C@@H]1CCCO1. The fourth-order valence-electron chi connectivity index (χ4n) is 2.13. The van der Waals surface area contributed by atoms with Crippen molar-refractivity contribution in [2.45, 2.75) is 45.9 Å². The largest absolute Gasteiger partial charge is 0.368 e. The molecule has 1 aliphatic heterocycles. The van der Waals surface area contributed by atoms with Gasteiger partial charge < -0.3 is 14.6 Å². The maximum atomic E-state index is 11.8. The fraction of sp³-hybridized carbons (Fsp3) is 0.692. The van der Waals surface area contributed by atoms with Gasteiger partial charge in [0, 0.05) is 19.3 Å². The highest BCUT2D eigenvalue weighted by Gasteiger charge is 2.23. The Balaban J connectivity index is 1.85. The van der Waals surface area contributed by atoms with Gasteiger partial charge in [-0.05, 0) is 18.8 Å². The molecule has 0 saturated carbocycles. The molecule has 1 aliphatic rings. The van der Waals surface area contributed by atoms with E-state index in [-0.39, 0.29) is 12.0 Å². The number of hydrogen-bond donors (Lipinski definition) is 1. The number of carbonyl (C=O) groups excluding carboxylic acids is 1. The van der Waals surface area contributed by atoms with Crippen molar-refractivity contribution in [3.05, 3.63) is 18.2 Å². The van der Waals surface area contributed by atoms with E-state index in [9.17, 15) is 4.79 Å². The van der Waals surface area contributed by atoms with Crippen molar-refractivity contribution in [3.8, 4) is 0 Å². The zero-order valence-electron chi connectivity index (χ0n) is 11.1. The first kappa shape index (κ1) is 13.1. The molecule has 0 spiro atoms. The third-order valence-corrected chi connectivity index (χ3v) is 3.03. The standard InChI is InChI=1S/C13H21N3O2/c1-10(2)8-16-9-14-6-11(16)7-15-13(17)12-4-3-5-18-12/h6,9-10,12H,3-5,7-8H2,1-2H3,(H,15,17)/t12-/m0/s1. The van der Waals surface area contributed by atoms with Gasteiger partial charge in [-0.15, -0.1) is 0 Å². The van der Waals surface area contributed by atoms with Crippen LogP contribution in [0.5, 0.6) is 0 Å². The van der Waals surface area contributed by atoms with Crippen LogP contribution in [0.15, 0.2) is 12.5 Å². The summed E-state index contributed by atoms with van der Waals surface area (Å²) in [5.41, 5.74) is 1.04. The fourth-order valence-corrected chi connectivity index (χ4v) is 2.13. The summed E-state index contributed by atoms with van der Waals surface area (Å²) in [6.07, 6.45) is 5.16. The lowest BCUT2D eigenvalue weighted by Crippen LogP contribution is -2.34. The van der Waals surface area contributed by atoms with Crippen LogP contribution in [-0.4, -0.2) is 28.2 Å². The van der Waals surface area contributed by atoms with Gasteiger partial charge in [-0.1, -0.05) is 13.8 Å². The average Bonchev–Trinajstić information content (AvgIpc) is 2.95. The highest BCUT2D eigenvalue weighted by molar-refractivity contribution is 5.80. The molecule has 1 atom stereocenters. The monoisotopic (exact) mass is 251 g/mol. The van der Waals surface area contributed by atoms with Gasteiger partial charge in [0.1, 0.15) is 6.10 Å². The Hall–Kier alpha value is -1.36. The molecule has 1 saturated heterocycles. The Morgan fingerprint density at radius 3 is 3.17 bits per heavy atom. The second kappa shape index (κ2) is 6.00. The molecule has 5 nitrogen and oxygen atoms in total. The number of aromatic nitrogens is 2. The summed E-state index contributed by atoms with van der Waals surface area (Å²) in [5.74, 6) is 0.552. The molecule has 0 unspecified atom stereocenters. The molecule has 2 rings (SSSR count). The number of rotatable bonds is 5. The molecule has 1 aromatic rings. The second-order valence-electron chi connectivity index (χ2n) is 5.15. The average molecular weight is 251 g/mol. The maximum Gasteiger partial charge on any atom is 0.249 e. The van der Waals surface area contributed by atoms with Crippen molar-refractivity contribution >= 4 is 5.91 Å². The van der Waals surface area contributed by atoms with Crippen molar-refractivity contribution in [1.29, 1.82) is 0 Å². The summed E-state index contributed by atoms with van der Waals surface area (Å²) in [7, 11) is 0. The van der Waals surface area contributed by atoms with Crippen molar-refractivity contribution < 1.29 is 9.53 Å². The molecule has 18 heavy (non-hydrogen) atoms. The zero-order valence-corrected chi connectivity index (χ0v) is 11.1. The maximum absolute atomic E-state index is 11.8. The normalized spacial score (nSPS) is 19.4. The van der Waals surface area contributed by atoms with Crippen LogP contribution in [-0.2, 0) is 22.6 Å². The summed E-state index contributed by atoms with van der Waals surface area (Å²) >= 11 is 0. The Labute approximate surface area is 108 Å². The van der Waals surface area contributed by atoms with Crippen LogP contribution < -0.4 is 5.32 Å². The van der Waals surface area contributed by atoms with Gasteiger partial charge in [-0.3, -0.25) is 4.79 Å². The molecule has 1 N–H and O–H groups in total. The summed E-state index contributed by atoms with van der Waals surface area (Å²) in [6.45, 7) is 6.46. The summed E-state index contributed by atoms with van der Waals surface area (Å²) in [6, 6.07) is 0. The lowest BCUT2D eigenvalue weighted by atomic mass is 10.2. The van der Waals surface area contributed by atoms with Gasteiger partial charge in [0.15, 0.2) is 0 Å². The molecule has 0 aliphatic carbocycles. The first-order chi connectivity index (χ1) is 8.66. The number of imidazole rings is 1. The van der Waals surface area contributed by atoms with Crippen LogP contribution in [0.2, 0.25) is 0 Å². The summed E-state index contributed by atoms with van der Waals surface area (Å²) in [5, 5.41) is 2.92. The Morgan fingerprint density at radius 2 is 2.50 bits per heavy atom. The highest BCUT2D eigenvalue weighted by atomic mass is 16.5. The minimum absolute atomic E-state index is 0.00945. The van der Waals surface area contributed by atoms with Gasteiger partial charge in [0.25, 0.3) is 0 Å². The number of nitrogens with one attached hydrogen (secondary N) is 1. The van der Waals surface area contributed by atoms with E-state index in [0.717, 1.165) is 25.1 Å². The van der Waals surface area contributed by atoms with Crippen molar-refractivity contribution in [3.63, 3.8) is 0 Å². The molecule has 2 heterocycles. The number of carbonyl (C=O) groups is 1. The lowest BCUT2D eigenvalue weighted by molar-refractivity contribution is -0.130. The molecular weight excluding hydrogens is 230 g/mol. The van der Waals surface area contributed by atoms with Crippen LogP contribution in [0.1, 0.15) is 32.4 Å². The molecule has 0 aromatic carbocycles. The molecular formula is C13H21N3O2. The second-order valence-corrected chi connectivity index (χ2v) is 5.15. The molecule has 1 aromatic heterocycles. The lowest BCUT2D eigenvalue weighted by Gasteiger charge is -2.13. The molecule has 1 fully saturated rings. The van der Waals surface area contributed by atoms with Gasteiger partial charge in [0.2, 0.25) is 5.91 Å². The van der Waals surface area contributed by atoms with E-state index >= 15 is 0 Å². The van der Waals surface area contributed by atoms with E-state index in [0.29, 0.717) is 19.1 Å². The van der Waals surface area contributed by atoms with Crippen LogP contribution >= 0.6 is 0 Å². The Morgan fingerprint density at radius 1 is 1.67 bits per heavy atom. The first-order valence-electron chi connectivity index (χ1n) is 6.55. The van der Waals surface area contributed by atoms with Crippen molar-refractivity contribution in [2.24, 2.45) is 5.92 Å². The number of amides is 1. The van der Waals surface area contributed by atoms with Crippen molar-refractivity contribution in [2.75, 3.05) is 6.61 Å². The Bertz CT molecular complexity index is 395. The van der Waals surface area contributed by atoms with Gasteiger partial charge in [-0.2, -0.15) is 0 Å². The number of ether oxygens (including phenoxy) is 1. The molecule has 1 amide bonds. The number of hydrogen-bond acceptors (Lipinski definition) is 3. The van der Waals surface area contributed by atoms with Crippen molar-refractivity contribution in [1.82, 2.24) is 14.9 Å². The zero-order chi connectivity index (χ0) is 13.0. The third kappa shape index (κ3) is 3.32. The highest BCUT2D eigenvalue weighted by Crippen LogP contribution is 2.12. The summed E-state index contributed by atoms with van der Waals surface area (Å²) < 4.78 is 7.43.